The van der Waals surface area contributed by atoms with Crippen molar-refractivity contribution in [1.29, 1.82) is 0 Å². The molecule has 14 heavy (non-hydrogen) atoms. The van der Waals surface area contributed by atoms with Gasteiger partial charge in [0.25, 0.3) is 0 Å². The Morgan fingerprint density at radius 1 is 1.21 bits per heavy atom. The van der Waals surface area contributed by atoms with Crippen molar-refractivity contribution in [2.75, 3.05) is 0 Å². The molecule has 0 nitrogen and oxygen atoms in total. The maximum Gasteiger partial charge on any atom is 0.0151 e. The summed E-state index contributed by atoms with van der Waals surface area (Å²) in [5, 5.41) is 0. The summed E-state index contributed by atoms with van der Waals surface area (Å²) in [7, 11) is 0. The normalized spacial score (nSPS) is 26.8. The van der Waals surface area contributed by atoms with Crippen LogP contribution in [-0.4, -0.2) is 4.83 Å². The standard InChI is InChI=1S/C13H17Br/c1-9-3-6-13(10(2)7-9)11-4-5-12(14)8-11/h3,6-7,11-12H,4-5,8H2,1-2H3. The van der Waals surface area contributed by atoms with Crippen molar-refractivity contribution in [3.63, 3.8) is 0 Å². The third-order valence-corrected chi connectivity index (χ3v) is 4.07. The second kappa shape index (κ2) is 4.06. The average molecular weight is 253 g/mol. The summed E-state index contributed by atoms with van der Waals surface area (Å²) >= 11 is 3.71. The fourth-order valence-corrected chi connectivity index (χ4v) is 3.21. The molecule has 0 spiro atoms. The fraction of sp³-hybridized carbons (Fsp3) is 0.538. The molecule has 0 N–H and O–H groups in total. The molecule has 0 bridgehead atoms. The van der Waals surface area contributed by atoms with E-state index in [0.717, 1.165) is 10.7 Å². The molecule has 0 saturated heterocycles. The first-order valence-corrected chi connectivity index (χ1v) is 6.29. The molecule has 0 aromatic heterocycles. The van der Waals surface area contributed by atoms with Crippen molar-refractivity contribution in [2.24, 2.45) is 0 Å². The molecular weight excluding hydrogens is 236 g/mol. The summed E-state index contributed by atoms with van der Waals surface area (Å²) in [6.07, 6.45) is 3.99. The SMILES string of the molecule is Cc1ccc(C2CCC(Br)C2)c(C)c1. The zero-order valence-electron chi connectivity index (χ0n) is 8.89. The summed E-state index contributed by atoms with van der Waals surface area (Å²) in [4.78, 5) is 0.744. The van der Waals surface area contributed by atoms with E-state index in [2.05, 4.69) is 48.0 Å². The average Bonchev–Trinajstić information content (AvgIpc) is 2.51. The summed E-state index contributed by atoms with van der Waals surface area (Å²) in [6.45, 7) is 4.41. The Kier molecular flexibility index (Phi) is 2.96. The Hall–Kier alpha value is -0.300. The minimum absolute atomic E-state index is 0.744. The van der Waals surface area contributed by atoms with Gasteiger partial charge in [0.1, 0.15) is 0 Å². The lowest BCUT2D eigenvalue weighted by Crippen LogP contribution is -1.97. The second-order valence-electron chi connectivity index (χ2n) is 4.47. The van der Waals surface area contributed by atoms with E-state index in [1.54, 1.807) is 5.56 Å². The minimum Gasteiger partial charge on any atom is -0.0890 e. The van der Waals surface area contributed by atoms with E-state index in [0.29, 0.717) is 0 Å². The van der Waals surface area contributed by atoms with E-state index >= 15 is 0 Å². The van der Waals surface area contributed by atoms with Crippen molar-refractivity contribution in [3.05, 3.63) is 34.9 Å². The molecule has 0 aliphatic heterocycles. The van der Waals surface area contributed by atoms with Gasteiger partial charge >= 0.3 is 0 Å². The molecule has 0 radical (unpaired) electrons. The predicted molar refractivity (Wildman–Crippen MR) is 65.2 cm³/mol. The van der Waals surface area contributed by atoms with Crippen LogP contribution in [0.1, 0.15) is 41.9 Å². The smallest absolute Gasteiger partial charge is 0.0151 e. The minimum atomic E-state index is 0.744. The Bertz CT molecular complexity index is 330. The van der Waals surface area contributed by atoms with Crippen LogP contribution in [0.25, 0.3) is 0 Å². The van der Waals surface area contributed by atoms with Gasteiger partial charge in [0, 0.05) is 4.83 Å². The zero-order chi connectivity index (χ0) is 10.1. The van der Waals surface area contributed by atoms with Gasteiger partial charge in [-0.1, -0.05) is 39.7 Å². The second-order valence-corrected chi connectivity index (χ2v) is 5.76. The lowest BCUT2D eigenvalue weighted by Gasteiger charge is -2.13. The first-order valence-electron chi connectivity index (χ1n) is 5.38. The van der Waals surface area contributed by atoms with Crippen LogP contribution < -0.4 is 0 Å². The van der Waals surface area contributed by atoms with Gasteiger partial charge in [-0.05, 0) is 50.2 Å². The number of hydrogen-bond donors (Lipinski definition) is 0. The van der Waals surface area contributed by atoms with Crippen LogP contribution in [0.5, 0.6) is 0 Å². The Morgan fingerprint density at radius 3 is 2.57 bits per heavy atom. The molecule has 1 aromatic rings. The van der Waals surface area contributed by atoms with Gasteiger partial charge in [-0.3, -0.25) is 0 Å². The van der Waals surface area contributed by atoms with Crippen molar-refractivity contribution < 1.29 is 0 Å². The number of rotatable bonds is 1. The van der Waals surface area contributed by atoms with Crippen LogP contribution >= 0.6 is 15.9 Å². The Balaban J connectivity index is 2.24. The highest BCUT2D eigenvalue weighted by atomic mass is 79.9. The van der Waals surface area contributed by atoms with Gasteiger partial charge in [0.15, 0.2) is 0 Å². The molecule has 1 aromatic carbocycles. The summed E-state index contributed by atoms with van der Waals surface area (Å²) in [6, 6.07) is 6.86. The van der Waals surface area contributed by atoms with Crippen molar-refractivity contribution >= 4 is 15.9 Å². The number of aryl methyl sites for hydroxylation is 2. The topological polar surface area (TPSA) is 0 Å². The molecule has 2 rings (SSSR count). The Morgan fingerprint density at radius 2 is 2.00 bits per heavy atom. The third kappa shape index (κ3) is 2.03. The molecule has 0 amide bonds. The molecule has 1 aliphatic rings. The maximum atomic E-state index is 3.71. The van der Waals surface area contributed by atoms with Crippen LogP contribution in [0.3, 0.4) is 0 Å². The monoisotopic (exact) mass is 252 g/mol. The van der Waals surface area contributed by atoms with Crippen molar-refractivity contribution in [1.82, 2.24) is 0 Å². The molecule has 2 atom stereocenters. The van der Waals surface area contributed by atoms with Gasteiger partial charge < -0.3 is 0 Å². The number of alkyl halides is 1. The predicted octanol–water partition coefficient (Wildman–Crippen LogP) is 4.33. The van der Waals surface area contributed by atoms with E-state index in [9.17, 15) is 0 Å². The van der Waals surface area contributed by atoms with Crippen LogP contribution in [0.2, 0.25) is 0 Å². The van der Waals surface area contributed by atoms with Crippen LogP contribution in [0, 0.1) is 13.8 Å². The van der Waals surface area contributed by atoms with E-state index in [1.165, 1.54) is 30.4 Å². The van der Waals surface area contributed by atoms with E-state index < -0.39 is 0 Å². The van der Waals surface area contributed by atoms with Gasteiger partial charge in [0.05, 0.1) is 0 Å². The highest BCUT2D eigenvalue weighted by molar-refractivity contribution is 9.09. The summed E-state index contributed by atoms with van der Waals surface area (Å²) in [5.74, 6) is 0.792. The summed E-state index contributed by atoms with van der Waals surface area (Å²) < 4.78 is 0. The van der Waals surface area contributed by atoms with Crippen LogP contribution in [0.15, 0.2) is 18.2 Å². The van der Waals surface area contributed by atoms with E-state index in [-0.39, 0.29) is 0 Å². The lowest BCUT2D eigenvalue weighted by atomic mass is 9.92. The van der Waals surface area contributed by atoms with Crippen molar-refractivity contribution in [2.45, 2.75) is 43.9 Å². The molecule has 1 fully saturated rings. The van der Waals surface area contributed by atoms with Gasteiger partial charge in [0.2, 0.25) is 0 Å². The van der Waals surface area contributed by atoms with Gasteiger partial charge in [-0.2, -0.15) is 0 Å². The van der Waals surface area contributed by atoms with Gasteiger partial charge in [-0.25, -0.2) is 0 Å². The molecule has 0 heterocycles. The number of benzene rings is 1. The zero-order valence-corrected chi connectivity index (χ0v) is 10.5. The van der Waals surface area contributed by atoms with E-state index in [1.807, 2.05) is 0 Å². The van der Waals surface area contributed by atoms with Gasteiger partial charge in [-0.15, -0.1) is 0 Å². The molecule has 1 aliphatic carbocycles. The molecule has 1 heteroatoms. The maximum absolute atomic E-state index is 3.71. The third-order valence-electron chi connectivity index (χ3n) is 3.23. The van der Waals surface area contributed by atoms with Crippen LogP contribution in [-0.2, 0) is 0 Å². The molecular formula is C13H17Br. The highest BCUT2D eigenvalue weighted by Gasteiger charge is 2.24. The molecule has 1 saturated carbocycles. The lowest BCUT2D eigenvalue weighted by molar-refractivity contribution is 0.720. The Labute approximate surface area is 94.8 Å². The first-order chi connectivity index (χ1) is 6.66. The summed E-state index contributed by atoms with van der Waals surface area (Å²) in [5.41, 5.74) is 4.41. The number of hydrogen-bond acceptors (Lipinski definition) is 0. The first kappa shape index (κ1) is 10.2. The van der Waals surface area contributed by atoms with Crippen LogP contribution in [0.4, 0.5) is 0 Å². The number of halogens is 1. The highest BCUT2D eigenvalue weighted by Crippen LogP contribution is 2.39. The molecule has 76 valence electrons. The molecule has 2 unspecified atom stereocenters. The van der Waals surface area contributed by atoms with E-state index in [4.69, 9.17) is 0 Å². The fourth-order valence-electron chi connectivity index (χ4n) is 2.49. The quantitative estimate of drug-likeness (QED) is 0.653. The van der Waals surface area contributed by atoms with Crippen molar-refractivity contribution in [3.8, 4) is 0 Å². The largest absolute Gasteiger partial charge is 0.0890 e.